The molecule has 2 nitrogen and oxygen atoms in total. The van der Waals surface area contributed by atoms with Crippen LogP contribution in [0.25, 0.3) is 0 Å². The Hall–Kier alpha value is -1.18. The van der Waals surface area contributed by atoms with Gasteiger partial charge in [-0.15, -0.1) is 0 Å². The molecule has 0 aliphatic carbocycles. The molecule has 1 aliphatic heterocycles. The van der Waals surface area contributed by atoms with Gasteiger partial charge in [0.2, 0.25) is 0 Å². The maximum absolute atomic E-state index is 5.45. The van der Waals surface area contributed by atoms with E-state index < -0.39 is 0 Å². The van der Waals surface area contributed by atoms with Gasteiger partial charge < -0.3 is 10.1 Å². The number of hydrogen-bond donors (Lipinski definition) is 1. The second-order valence-corrected chi connectivity index (χ2v) is 2.90. The average Bonchev–Trinajstić information content (AvgIpc) is 2.27. The van der Waals surface area contributed by atoms with Gasteiger partial charge in [-0.1, -0.05) is 6.07 Å². The Morgan fingerprint density at radius 2 is 2.27 bits per heavy atom. The van der Waals surface area contributed by atoms with Crippen molar-refractivity contribution in [3.05, 3.63) is 23.8 Å². The van der Waals surface area contributed by atoms with Crippen LogP contribution in [-0.4, -0.2) is 6.23 Å². The number of hydrogen-bond acceptors (Lipinski definition) is 2. The molecule has 0 spiro atoms. The molecule has 1 N–H and O–H groups in total. The lowest BCUT2D eigenvalue weighted by molar-refractivity contribution is 0.275. The van der Waals surface area contributed by atoms with Crippen molar-refractivity contribution in [2.24, 2.45) is 0 Å². The third kappa shape index (κ3) is 1.04. The molecule has 1 heterocycles. The summed E-state index contributed by atoms with van der Waals surface area (Å²) in [6.45, 7) is 4.07. The van der Waals surface area contributed by atoms with Gasteiger partial charge >= 0.3 is 0 Å². The highest BCUT2D eigenvalue weighted by Gasteiger charge is 2.16. The third-order valence-corrected chi connectivity index (χ3v) is 1.80. The minimum atomic E-state index is 0.117. The highest BCUT2D eigenvalue weighted by atomic mass is 16.5. The quantitative estimate of drug-likeness (QED) is 0.610. The zero-order valence-electron chi connectivity index (χ0n) is 6.72. The molecule has 11 heavy (non-hydrogen) atoms. The molecule has 0 amide bonds. The molecular formula is C9H11NO. The van der Waals surface area contributed by atoms with Crippen LogP contribution in [0.4, 0.5) is 5.69 Å². The van der Waals surface area contributed by atoms with Crippen LogP contribution in [0, 0.1) is 6.92 Å². The standard InChI is InChI=1S/C9H11NO/c1-6-3-4-9-8(5-6)10-7(2)11-9/h3-5,7,10H,1-2H3. The molecule has 0 radical (unpaired) electrons. The first-order chi connectivity index (χ1) is 5.25. The Bertz CT molecular complexity index is 283. The zero-order chi connectivity index (χ0) is 7.84. The Labute approximate surface area is 66.2 Å². The lowest BCUT2D eigenvalue weighted by Crippen LogP contribution is -2.13. The zero-order valence-corrected chi connectivity index (χ0v) is 6.72. The molecule has 2 rings (SSSR count). The third-order valence-electron chi connectivity index (χ3n) is 1.80. The second-order valence-electron chi connectivity index (χ2n) is 2.90. The van der Waals surface area contributed by atoms with E-state index in [1.807, 2.05) is 13.0 Å². The van der Waals surface area contributed by atoms with E-state index in [2.05, 4.69) is 24.4 Å². The molecule has 58 valence electrons. The summed E-state index contributed by atoms with van der Waals surface area (Å²) < 4.78 is 5.45. The number of aryl methyl sites for hydroxylation is 1. The Morgan fingerprint density at radius 3 is 3.09 bits per heavy atom. The number of ether oxygens (including phenoxy) is 1. The lowest BCUT2D eigenvalue weighted by atomic mass is 10.2. The molecule has 2 heteroatoms. The highest BCUT2D eigenvalue weighted by molar-refractivity contribution is 5.61. The van der Waals surface area contributed by atoms with Gasteiger partial charge in [0.05, 0.1) is 5.69 Å². The highest BCUT2D eigenvalue weighted by Crippen LogP contribution is 2.31. The molecular weight excluding hydrogens is 138 g/mol. The smallest absolute Gasteiger partial charge is 0.167 e. The number of rotatable bonds is 0. The fraction of sp³-hybridized carbons (Fsp3) is 0.333. The first-order valence-electron chi connectivity index (χ1n) is 3.79. The van der Waals surface area contributed by atoms with Crippen molar-refractivity contribution in [3.8, 4) is 5.75 Å². The molecule has 1 aromatic rings. The predicted molar refractivity (Wildman–Crippen MR) is 44.9 cm³/mol. The van der Waals surface area contributed by atoms with Crippen LogP contribution < -0.4 is 10.1 Å². The first kappa shape index (κ1) is 6.53. The largest absolute Gasteiger partial charge is 0.469 e. The normalized spacial score (nSPS) is 20.4. The second kappa shape index (κ2) is 2.16. The lowest BCUT2D eigenvalue weighted by Gasteiger charge is -2.00. The summed E-state index contributed by atoms with van der Waals surface area (Å²) in [5, 5.41) is 3.22. The van der Waals surface area contributed by atoms with E-state index in [0.717, 1.165) is 11.4 Å². The molecule has 1 aliphatic rings. The van der Waals surface area contributed by atoms with E-state index in [1.54, 1.807) is 0 Å². The molecule has 1 aromatic carbocycles. The van der Waals surface area contributed by atoms with Gasteiger partial charge in [-0.05, 0) is 31.5 Å². The minimum Gasteiger partial charge on any atom is -0.469 e. The summed E-state index contributed by atoms with van der Waals surface area (Å²) in [6, 6.07) is 6.15. The van der Waals surface area contributed by atoms with Gasteiger partial charge in [0.1, 0.15) is 5.75 Å². The SMILES string of the molecule is Cc1ccc2c(c1)NC(C)O2. The summed E-state index contributed by atoms with van der Waals surface area (Å²) in [5.41, 5.74) is 2.37. The Morgan fingerprint density at radius 1 is 1.45 bits per heavy atom. The summed E-state index contributed by atoms with van der Waals surface area (Å²) in [6.07, 6.45) is 0.117. The van der Waals surface area contributed by atoms with Crippen LogP contribution >= 0.6 is 0 Å². The summed E-state index contributed by atoms with van der Waals surface area (Å²) in [7, 11) is 0. The van der Waals surface area contributed by atoms with E-state index in [1.165, 1.54) is 5.56 Å². The van der Waals surface area contributed by atoms with Crippen molar-refractivity contribution in [1.29, 1.82) is 0 Å². The molecule has 1 atom stereocenters. The number of benzene rings is 1. The van der Waals surface area contributed by atoms with Gasteiger partial charge in [0, 0.05) is 0 Å². The van der Waals surface area contributed by atoms with E-state index in [4.69, 9.17) is 4.74 Å². The topological polar surface area (TPSA) is 21.3 Å². The van der Waals surface area contributed by atoms with Crippen molar-refractivity contribution in [3.63, 3.8) is 0 Å². The van der Waals surface area contributed by atoms with Crippen LogP contribution in [0.5, 0.6) is 5.75 Å². The monoisotopic (exact) mass is 149 g/mol. The van der Waals surface area contributed by atoms with E-state index in [-0.39, 0.29) is 6.23 Å². The van der Waals surface area contributed by atoms with Gasteiger partial charge in [0.25, 0.3) is 0 Å². The first-order valence-corrected chi connectivity index (χ1v) is 3.79. The van der Waals surface area contributed by atoms with Crippen molar-refractivity contribution >= 4 is 5.69 Å². The van der Waals surface area contributed by atoms with E-state index >= 15 is 0 Å². The van der Waals surface area contributed by atoms with Crippen molar-refractivity contribution in [2.75, 3.05) is 5.32 Å². The number of fused-ring (bicyclic) bond motifs is 1. The van der Waals surface area contributed by atoms with Crippen LogP contribution in [-0.2, 0) is 0 Å². The van der Waals surface area contributed by atoms with Crippen LogP contribution in [0.15, 0.2) is 18.2 Å². The maximum atomic E-state index is 5.45. The van der Waals surface area contributed by atoms with E-state index in [9.17, 15) is 0 Å². The number of anilines is 1. The van der Waals surface area contributed by atoms with Crippen LogP contribution in [0.3, 0.4) is 0 Å². The maximum Gasteiger partial charge on any atom is 0.167 e. The van der Waals surface area contributed by atoms with Crippen molar-refractivity contribution in [2.45, 2.75) is 20.1 Å². The van der Waals surface area contributed by atoms with E-state index in [0.29, 0.717) is 0 Å². The molecule has 1 unspecified atom stereocenters. The molecule has 0 bridgehead atoms. The summed E-state index contributed by atoms with van der Waals surface area (Å²) in [4.78, 5) is 0. The minimum absolute atomic E-state index is 0.117. The molecule has 0 fully saturated rings. The Balaban J connectivity index is 2.43. The van der Waals surface area contributed by atoms with Crippen molar-refractivity contribution < 1.29 is 4.74 Å². The molecule has 0 saturated heterocycles. The fourth-order valence-corrected chi connectivity index (χ4v) is 1.30. The summed E-state index contributed by atoms with van der Waals surface area (Å²) in [5.74, 6) is 0.961. The average molecular weight is 149 g/mol. The van der Waals surface area contributed by atoms with Crippen LogP contribution in [0.1, 0.15) is 12.5 Å². The molecule has 0 saturated carbocycles. The van der Waals surface area contributed by atoms with Gasteiger partial charge in [0.15, 0.2) is 6.23 Å². The number of nitrogens with one attached hydrogen (secondary N) is 1. The van der Waals surface area contributed by atoms with Gasteiger partial charge in [-0.3, -0.25) is 0 Å². The summed E-state index contributed by atoms with van der Waals surface area (Å²) >= 11 is 0. The van der Waals surface area contributed by atoms with Crippen molar-refractivity contribution in [1.82, 2.24) is 0 Å². The fourth-order valence-electron chi connectivity index (χ4n) is 1.30. The predicted octanol–water partition coefficient (Wildman–Crippen LogP) is 2.15. The van der Waals surface area contributed by atoms with Gasteiger partial charge in [-0.25, -0.2) is 0 Å². The van der Waals surface area contributed by atoms with Gasteiger partial charge in [-0.2, -0.15) is 0 Å². The van der Waals surface area contributed by atoms with Crippen LogP contribution in [0.2, 0.25) is 0 Å². The molecule has 0 aromatic heterocycles. The Kier molecular flexibility index (Phi) is 1.28.